The van der Waals surface area contributed by atoms with Gasteiger partial charge in [-0.05, 0) is 0 Å². The van der Waals surface area contributed by atoms with Crippen LogP contribution in [0.4, 0.5) is 4.20 Å². The fourth-order valence-corrected chi connectivity index (χ4v) is 0.0745. The van der Waals surface area contributed by atoms with Crippen LogP contribution in [0.2, 0.25) is 0 Å². The zero-order valence-electron chi connectivity index (χ0n) is 3.20. The first-order valence-electron chi connectivity index (χ1n) is 1.19. The number of nitrogens with two attached hydrogens (primary N) is 2. The van der Waals surface area contributed by atoms with Crippen molar-refractivity contribution in [3.8, 4) is 0 Å². The Morgan fingerprint density at radius 2 is 1.71 bits per heavy atom. The molecule has 0 amide bonds. The van der Waals surface area contributed by atoms with Gasteiger partial charge in [0.05, 0.1) is 0 Å². The van der Waals surface area contributed by atoms with Crippen LogP contribution in [-0.4, -0.2) is 0 Å². The van der Waals surface area contributed by atoms with Gasteiger partial charge >= 0.3 is 7.91 Å². The zero-order valence-corrected chi connectivity index (χ0v) is 4.10. The van der Waals surface area contributed by atoms with Crippen LogP contribution < -0.4 is 11.8 Å². The second-order valence-corrected chi connectivity index (χ2v) is 1.92. The van der Waals surface area contributed by atoms with Crippen LogP contribution in [0.25, 0.3) is 0 Å². The number of hydrogen-bond donors (Lipinski definition) is 2. The van der Waals surface area contributed by atoms with Gasteiger partial charge in [-0.2, -0.15) is 9.25 Å². The van der Waals surface area contributed by atoms with Crippen LogP contribution in [0.15, 0.2) is 0 Å². The summed E-state index contributed by atoms with van der Waals surface area (Å²) in [5.41, 5.74) is 0. The Labute approximate surface area is 38.9 Å². The maximum Gasteiger partial charge on any atom is 0.546 e. The number of rotatable bonds is 2. The first kappa shape index (κ1) is 7.00. The predicted octanol–water partition coefficient (Wildman–Crippen LogP) is -0.155. The highest BCUT2D eigenvalue weighted by Crippen LogP contribution is 2.45. The minimum atomic E-state index is -4.60. The van der Waals surface area contributed by atoms with Gasteiger partial charge in [-0.3, -0.25) is 0 Å². The topological polar surface area (TPSA) is 87.6 Å². The molecule has 0 rings (SSSR count). The van der Waals surface area contributed by atoms with Crippen molar-refractivity contribution in [2.45, 2.75) is 0 Å². The van der Waals surface area contributed by atoms with E-state index in [-0.39, 0.29) is 0 Å². The molecule has 0 aliphatic heterocycles. The maximum atomic E-state index is 11.4. The summed E-state index contributed by atoms with van der Waals surface area (Å²) in [5.74, 6) is 8.15. The Morgan fingerprint density at radius 1 is 1.43 bits per heavy atom. The summed E-state index contributed by atoms with van der Waals surface area (Å²) < 4.78 is 27.3. The third-order valence-corrected chi connectivity index (χ3v) is 0.755. The first-order chi connectivity index (χ1) is 3.12. The van der Waals surface area contributed by atoms with Gasteiger partial charge in [0.15, 0.2) is 0 Å². The van der Waals surface area contributed by atoms with Gasteiger partial charge in [0, 0.05) is 0 Å². The second-order valence-electron chi connectivity index (χ2n) is 0.641. The standard InChI is InChI=1S/FH4N2O3P/c1-7(4,5-2)6-3/h2-3H2. The molecule has 0 spiro atoms. The average Bonchev–Trinajstić information content (AvgIpc) is 1.68. The van der Waals surface area contributed by atoms with Gasteiger partial charge in [0.2, 0.25) is 0 Å². The Bertz CT molecular complexity index is 84.9. The molecule has 0 radical (unpaired) electrons. The van der Waals surface area contributed by atoms with E-state index in [2.05, 4.69) is 21.0 Å². The Kier molecular flexibility index (Phi) is 2.34. The summed E-state index contributed by atoms with van der Waals surface area (Å²) in [6, 6.07) is 0. The largest absolute Gasteiger partial charge is 0.546 e. The van der Waals surface area contributed by atoms with E-state index in [0.717, 1.165) is 0 Å². The maximum absolute atomic E-state index is 11.4. The molecular weight excluding hydrogens is 126 g/mol. The molecule has 44 valence electrons. The number of halogens is 1. The highest BCUT2D eigenvalue weighted by Gasteiger charge is 2.20. The molecule has 0 heterocycles. The molecule has 0 atom stereocenters. The molecule has 0 aromatic carbocycles. The normalized spacial score (nSPS) is 11.9. The Balaban J connectivity index is 3.61. The van der Waals surface area contributed by atoms with E-state index in [1.165, 1.54) is 0 Å². The Hall–Kier alpha value is -0.0000000000000000416. The van der Waals surface area contributed by atoms with Crippen molar-refractivity contribution in [3.63, 3.8) is 0 Å². The third kappa shape index (κ3) is 2.67. The van der Waals surface area contributed by atoms with Gasteiger partial charge in [-0.25, -0.2) is 16.4 Å². The van der Waals surface area contributed by atoms with E-state index in [1.807, 2.05) is 0 Å². The average molecular weight is 130 g/mol. The van der Waals surface area contributed by atoms with E-state index in [4.69, 9.17) is 0 Å². The highest BCUT2D eigenvalue weighted by molar-refractivity contribution is 7.47. The van der Waals surface area contributed by atoms with Crippen LogP contribution >= 0.6 is 7.91 Å². The monoisotopic (exact) mass is 130 g/mol. The lowest BCUT2D eigenvalue weighted by atomic mass is 13.6. The molecule has 0 fully saturated rings. The quantitative estimate of drug-likeness (QED) is 0.400. The molecule has 7 heteroatoms. The van der Waals surface area contributed by atoms with Crippen molar-refractivity contribution in [2.24, 2.45) is 11.8 Å². The van der Waals surface area contributed by atoms with Crippen LogP contribution in [0.5, 0.6) is 0 Å². The van der Waals surface area contributed by atoms with Crippen molar-refractivity contribution < 1.29 is 18.0 Å². The summed E-state index contributed by atoms with van der Waals surface area (Å²) in [6.45, 7) is 0. The summed E-state index contributed by atoms with van der Waals surface area (Å²) >= 11 is 0. The van der Waals surface area contributed by atoms with E-state index < -0.39 is 7.91 Å². The van der Waals surface area contributed by atoms with E-state index in [0.29, 0.717) is 0 Å². The van der Waals surface area contributed by atoms with Crippen LogP contribution in [0.1, 0.15) is 0 Å². The van der Waals surface area contributed by atoms with Gasteiger partial charge in [-0.15, -0.1) is 4.20 Å². The molecule has 0 aliphatic carbocycles. The van der Waals surface area contributed by atoms with Crippen LogP contribution in [0.3, 0.4) is 0 Å². The smallest absolute Gasteiger partial charge is 0.220 e. The van der Waals surface area contributed by atoms with Crippen molar-refractivity contribution in [1.82, 2.24) is 0 Å². The van der Waals surface area contributed by atoms with Crippen molar-refractivity contribution in [1.29, 1.82) is 0 Å². The zero-order chi connectivity index (χ0) is 5.91. The molecule has 5 nitrogen and oxygen atoms in total. The van der Waals surface area contributed by atoms with E-state index >= 15 is 0 Å². The molecule has 0 aliphatic rings. The second kappa shape index (κ2) is 2.34. The van der Waals surface area contributed by atoms with E-state index in [9.17, 15) is 8.76 Å². The summed E-state index contributed by atoms with van der Waals surface area (Å²) in [5, 5.41) is 0. The molecule has 4 N–H and O–H groups in total. The lowest BCUT2D eigenvalue weighted by molar-refractivity contribution is 0.179. The third-order valence-electron chi connectivity index (χ3n) is 0.252. The van der Waals surface area contributed by atoms with Crippen LogP contribution in [0, 0.1) is 0 Å². The highest BCUT2D eigenvalue weighted by atomic mass is 31.2. The fraction of sp³-hybridized carbons (Fsp3) is 0. The lowest BCUT2D eigenvalue weighted by Gasteiger charge is -1.96. The summed E-state index contributed by atoms with van der Waals surface area (Å²) in [6.07, 6.45) is 0. The SMILES string of the molecule is NOP(=O)(F)ON. The summed E-state index contributed by atoms with van der Waals surface area (Å²) in [4.78, 5) is 0. The molecule has 0 aromatic heterocycles. The van der Waals surface area contributed by atoms with Gasteiger partial charge in [-0.1, -0.05) is 0 Å². The summed E-state index contributed by atoms with van der Waals surface area (Å²) in [7, 11) is -4.60. The Morgan fingerprint density at radius 3 is 1.71 bits per heavy atom. The van der Waals surface area contributed by atoms with Gasteiger partial charge in [0.25, 0.3) is 0 Å². The molecule has 0 saturated carbocycles. The predicted molar refractivity (Wildman–Crippen MR) is 19.3 cm³/mol. The van der Waals surface area contributed by atoms with Crippen LogP contribution in [-0.2, 0) is 13.8 Å². The van der Waals surface area contributed by atoms with Crippen molar-refractivity contribution >= 4 is 7.91 Å². The van der Waals surface area contributed by atoms with Crippen molar-refractivity contribution in [3.05, 3.63) is 0 Å². The first-order valence-corrected chi connectivity index (χ1v) is 2.62. The van der Waals surface area contributed by atoms with Crippen molar-refractivity contribution in [2.75, 3.05) is 0 Å². The lowest BCUT2D eigenvalue weighted by Crippen LogP contribution is -2.00. The molecule has 0 bridgehead atoms. The minimum absolute atomic E-state index is 3.13. The van der Waals surface area contributed by atoms with Gasteiger partial charge < -0.3 is 0 Å². The number of hydrogen-bond acceptors (Lipinski definition) is 5. The molecule has 0 aromatic rings. The molecular formula is H4FN2O3P. The fourth-order valence-electron chi connectivity index (χ4n) is 0.0248. The van der Waals surface area contributed by atoms with Gasteiger partial charge in [0.1, 0.15) is 0 Å². The van der Waals surface area contributed by atoms with E-state index in [1.54, 1.807) is 0 Å². The minimum Gasteiger partial charge on any atom is -0.220 e. The molecule has 0 saturated heterocycles. The molecule has 7 heavy (non-hydrogen) atoms. The molecule has 0 unspecified atom stereocenters.